The molecule has 1 aromatic carbocycles. The van der Waals surface area contributed by atoms with E-state index in [2.05, 4.69) is 15.6 Å². The molecule has 0 unspecified atom stereocenters. The Morgan fingerprint density at radius 2 is 2.10 bits per heavy atom. The van der Waals surface area contributed by atoms with E-state index in [1.165, 1.54) is 18.2 Å². The fraction of sp³-hybridized carbons (Fsp3) is 0.500. The molecule has 0 amide bonds. The fourth-order valence-corrected chi connectivity index (χ4v) is 3.03. The maximum Gasteiger partial charge on any atom is 0.191 e. The van der Waals surface area contributed by atoms with Gasteiger partial charge in [-0.15, -0.1) is 0 Å². The van der Waals surface area contributed by atoms with Crippen molar-refractivity contribution in [2.45, 2.75) is 30.7 Å². The Labute approximate surface area is 124 Å². The van der Waals surface area contributed by atoms with Crippen LogP contribution in [0.4, 0.5) is 4.39 Å². The first-order chi connectivity index (χ1) is 10.0. The minimum atomic E-state index is -3.65. The predicted molar refractivity (Wildman–Crippen MR) is 80.6 cm³/mol. The number of halogens is 1. The third-order valence-electron chi connectivity index (χ3n) is 3.06. The predicted octanol–water partition coefficient (Wildman–Crippen LogP) is 1.32. The van der Waals surface area contributed by atoms with Crippen LogP contribution >= 0.6 is 0 Å². The number of hydrogen-bond donors (Lipinski definition) is 2. The van der Waals surface area contributed by atoms with Crippen molar-refractivity contribution in [1.29, 1.82) is 0 Å². The monoisotopic (exact) mass is 313 g/mol. The SMILES string of the molecule is CCNC(=NCCS(=O)(=O)c1ccccc1F)NC1CC1. The Hall–Kier alpha value is -1.63. The van der Waals surface area contributed by atoms with Gasteiger partial charge in [0.2, 0.25) is 0 Å². The van der Waals surface area contributed by atoms with Crippen molar-refractivity contribution < 1.29 is 12.8 Å². The highest BCUT2D eigenvalue weighted by Gasteiger charge is 2.22. The zero-order valence-corrected chi connectivity index (χ0v) is 12.8. The van der Waals surface area contributed by atoms with Crippen molar-refractivity contribution in [3.05, 3.63) is 30.1 Å². The van der Waals surface area contributed by atoms with E-state index in [-0.39, 0.29) is 17.2 Å². The van der Waals surface area contributed by atoms with Crippen LogP contribution in [-0.4, -0.2) is 39.3 Å². The van der Waals surface area contributed by atoms with Gasteiger partial charge in [-0.2, -0.15) is 0 Å². The Morgan fingerprint density at radius 3 is 2.71 bits per heavy atom. The van der Waals surface area contributed by atoms with Gasteiger partial charge in [0.15, 0.2) is 15.8 Å². The molecule has 1 fully saturated rings. The van der Waals surface area contributed by atoms with Gasteiger partial charge < -0.3 is 10.6 Å². The lowest BCUT2D eigenvalue weighted by molar-refractivity contribution is 0.567. The van der Waals surface area contributed by atoms with Crippen LogP contribution in [-0.2, 0) is 9.84 Å². The molecule has 2 N–H and O–H groups in total. The average molecular weight is 313 g/mol. The molecule has 1 aromatic rings. The maximum absolute atomic E-state index is 13.5. The van der Waals surface area contributed by atoms with Crippen molar-refractivity contribution in [2.75, 3.05) is 18.8 Å². The van der Waals surface area contributed by atoms with Crippen molar-refractivity contribution in [3.63, 3.8) is 0 Å². The zero-order valence-electron chi connectivity index (χ0n) is 12.0. The lowest BCUT2D eigenvalue weighted by Gasteiger charge is -2.10. The molecule has 0 aromatic heterocycles. The van der Waals surface area contributed by atoms with Gasteiger partial charge in [-0.25, -0.2) is 12.8 Å². The van der Waals surface area contributed by atoms with Gasteiger partial charge in [0.25, 0.3) is 0 Å². The van der Waals surface area contributed by atoms with E-state index in [9.17, 15) is 12.8 Å². The van der Waals surface area contributed by atoms with E-state index in [1.54, 1.807) is 0 Å². The Bertz CT molecular complexity index is 612. The molecule has 116 valence electrons. The third kappa shape index (κ3) is 4.70. The quantitative estimate of drug-likeness (QED) is 0.614. The van der Waals surface area contributed by atoms with Crippen LogP contribution in [0, 0.1) is 5.82 Å². The van der Waals surface area contributed by atoms with Crippen molar-refractivity contribution >= 4 is 15.8 Å². The number of nitrogens with one attached hydrogen (secondary N) is 2. The fourth-order valence-electron chi connectivity index (χ4n) is 1.83. The van der Waals surface area contributed by atoms with Crippen LogP contribution in [0.25, 0.3) is 0 Å². The summed E-state index contributed by atoms with van der Waals surface area (Å²) in [5.74, 6) is -0.317. The first-order valence-electron chi connectivity index (χ1n) is 7.05. The molecule has 0 saturated heterocycles. The highest BCUT2D eigenvalue weighted by molar-refractivity contribution is 7.91. The summed E-state index contributed by atoms with van der Waals surface area (Å²) >= 11 is 0. The van der Waals surface area contributed by atoms with Crippen molar-refractivity contribution in [2.24, 2.45) is 4.99 Å². The van der Waals surface area contributed by atoms with E-state index in [0.717, 1.165) is 18.9 Å². The van der Waals surface area contributed by atoms with Gasteiger partial charge in [-0.3, -0.25) is 4.99 Å². The van der Waals surface area contributed by atoms with E-state index in [4.69, 9.17) is 0 Å². The molecule has 1 aliphatic rings. The van der Waals surface area contributed by atoms with Gasteiger partial charge in [-0.05, 0) is 31.9 Å². The first kappa shape index (κ1) is 15.8. The van der Waals surface area contributed by atoms with Gasteiger partial charge in [-0.1, -0.05) is 12.1 Å². The smallest absolute Gasteiger partial charge is 0.191 e. The van der Waals surface area contributed by atoms with E-state index < -0.39 is 15.7 Å². The highest BCUT2D eigenvalue weighted by Crippen LogP contribution is 2.18. The van der Waals surface area contributed by atoms with Gasteiger partial charge in [0.1, 0.15) is 10.7 Å². The van der Waals surface area contributed by atoms with Crippen LogP contribution in [0.5, 0.6) is 0 Å². The molecule has 0 heterocycles. The number of sulfone groups is 1. The minimum absolute atomic E-state index is 0.0960. The molecule has 5 nitrogen and oxygen atoms in total. The minimum Gasteiger partial charge on any atom is -0.357 e. The highest BCUT2D eigenvalue weighted by atomic mass is 32.2. The third-order valence-corrected chi connectivity index (χ3v) is 4.79. The molecule has 1 aliphatic carbocycles. The van der Waals surface area contributed by atoms with Crippen LogP contribution in [0.15, 0.2) is 34.2 Å². The summed E-state index contributed by atoms with van der Waals surface area (Å²) in [7, 11) is -3.65. The summed E-state index contributed by atoms with van der Waals surface area (Å²) in [6.45, 7) is 2.75. The lowest BCUT2D eigenvalue weighted by Crippen LogP contribution is -2.38. The Morgan fingerprint density at radius 1 is 1.38 bits per heavy atom. The normalized spacial score (nSPS) is 15.8. The van der Waals surface area contributed by atoms with E-state index >= 15 is 0 Å². The van der Waals surface area contributed by atoms with E-state index in [0.29, 0.717) is 18.5 Å². The molecule has 21 heavy (non-hydrogen) atoms. The van der Waals surface area contributed by atoms with Gasteiger partial charge in [0, 0.05) is 12.6 Å². The van der Waals surface area contributed by atoms with Gasteiger partial charge in [0.05, 0.1) is 12.3 Å². The van der Waals surface area contributed by atoms with Crippen molar-refractivity contribution in [1.82, 2.24) is 10.6 Å². The van der Waals surface area contributed by atoms with Crippen LogP contribution in [0.3, 0.4) is 0 Å². The van der Waals surface area contributed by atoms with E-state index in [1.807, 2.05) is 6.92 Å². The number of nitrogens with zero attached hydrogens (tertiary/aromatic N) is 1. The summed E-state index contributed by atoms with van der Waals surface area (Å²) in [5, 5.41) is 6.26. The second kappa shape index (κ2) is 6.89. The number of hydrogen-bond acceptors (Lipinski definition) is 3. The van der Waals surface area contributed by atoms with Crippen molar-refractivity contribution in [3.8, 4) is 0 Å². The van der Waals surface area contributed by atoms with Crippen LogP contribution in [0.2, 0.25) is 0 Å². The lowest BCUT2D eigenvalue weighted by atomic mass is 10.3. The number of aliphatic imine (C=N–C) groups is 1. The largest absolute Gasteiger partial charge is 0.357 e. The molecule has 7 heteroatoms. The molecule has 0 spiro atoms. The summed E-state index contributed by atoms with van der Waals surface area (Å²) in [5.41, 5.74) is 0. The molecular formula is C14H20FN3O2S. The average Bonchev–Trinajstić information content (AvgIpc) is 3.23. The molecular weight excluding hydrogens is 293 g/mol. The molecule has 1 saturated carbocycles. The second-order valence-corrected chi connectivity index (χ2v) is 7.01. The number of guanidine groups is 1. The standard InChI is InChI=1S/C14H20FN3O2S/c1-2-16-14(18-11-7-8-11)17-9-10-21(19,20)13-6-4-3-5-12(13)15/h3-6,11H,2,7-10H2,1H3,(H2,16,17,18). The van der Waals surface area contributed by atoms with Crippen LogP contribution < -0.4 is 10.6 Å². The summed E-state index contributed by atoms with van der Waals surface area (Å²) in [6.07, 6.45) is 2.22. The Kier molecular flexibility index (Phi) is 5.17. The first-order valence-corrected chi connectivity index (χ1v) is 8.70. The molecule has 2 rings (SSSR count). The number of rotatable bonds is 6. The molecule has 0 atom stereocenters. The summed E-state index contributed by atoms with van der Waals surface area (Å²) in [6, 6.07) is 5.84. The second-order valence-electron chi connectivity index (χ2n) is 4.93. The zero-order chi connectivity index (χ0) is 15.3. The number of benzene rings is 1. The molecule has 0 aliphatic heterocycles. The maximum atomic E-state index is 13.5. The van der Waals surface area contributed by atoms with Crippen LogP contribution in [0.1, 0.15) is 19.8 Å². The summed E-state index contributed by atoms with van der Waals surface area (Å²) in [4.78, 5) is 3.96. The topological polar surface area (TPSA) is 70.6 Å². The molecule has 0 bridgehead atoms. The summed E-state index contributed by atoms with van der Waals surface area (Å²) < 4.78 is 37.7. The van der Waals surface area contributed by atoms with Gasteiger partial charge >= 0.3 is 0 Å². The Balaban J connectivity index is 1.98. The molecule has 0 radical (unpaired) electrons.